The van der Waals surface area contributed by atoms with E-state index >= 15 is 0 Å². The van der Waals surface area contributed by atoms with E-state index in [9.17, 15) is 9.59 Å². The Balaban J connectivity index is 3.08. The molecule has 5 nitrogen and oxygen atoms in total. The second kappa shape index (κ2) is 5.25. The molecule has 0 bridgehead atoms. The van der Waals surface area contributed by atoms with Crippen molar-refractivity contribution in [2.75, 3.05) is 13.7 Å². The molecule has 1 heterocycles. The van der Waals surface area contributed by atoms with Gasteiger partial charge in [0.1, 0.15) is 5.56 Å². The van der Waals surface area contributed by atoms with Crippen LogP contribution in [0.3, 0.4) is 0 Å². The molecule has 0 aliphatic carbocycles. The molecule has 0 aliphatic heterocycles. The minimum atomic E-state index is -0.509. The highest BCUT2D eigenvalue weighted by Gasteiger charge is 2.22. The lowest BCUT2D eigenvalue weighted by molar-refractivity contribution is -0.592. The Morgan fingerprint density at radius 2 is 2.06 bits per heavy atom. The van der Waals surface area contributed by atoms with Gasteiger partial charge in [-0.05, 0) is 13.0 Å². The van der Waals surface area contributed by atoms with Crippen molar-refractivity contribution in [2.45, 2.75) is 13.8 Å². The van der Waals surface area contributed by atoms with Crippen LogP contribution in [0, 0.1) is 6.92 Å². The van der Waals surface area contributed by atoms with Gasteiger partial charge in [-0.15, -0.1) is 0 Å². The molecule has 0 fully saturated rings. The van der Waals surface area contributed by atoms with Crippen LogP contribution in [-0.4, -0.2) is 25.8 Å². The number of carbonyl (C=O) groups excluding carboxylic acids is 2. The lowest BCUT2D eigenvalue weighted by Gasteiger charge is -2.00. The largest absolute Gasteiger partial charge is 0.602 e. The first-order chi connectivity index (χ1) is 7.60. The first-order valence-corrected chi connectivity index (χ1v) is 4.88. The molecule has 0 saturated heterocycles. The second-order valence-electron chi connectivity index (χ2n) is 3.12. The Bertz CT molecular complexity index is 414. The van der Waals surface area contributed by atoms with Gasteiger partial charge in [-0.3, -0.25) is 0 Å². The van der Waals surface area contributed by atoms with Crippen molar-refractivity contribution in [3.63, 3.8) is 0 Å². The molecule has 0 spiro atoms. The van der Waals surface area contributed by atoms with Crippen molar-refractivity contribution in [3.8, 4) is 0 Å². The van der Waals surface area contributed by atoms with Gasteiger partial charge < -0.3 is 9.47 Å². The second-order valence-corrected chi connectivity index (χ2v) is 3.12. The molecule has 0 aliphatic rings. The minimum absolute atomic E-state index is 0.285. The molecule has 1 aromatic heterocycles. The van der Waals surface area contributed by atoms with Crippen molar-refractivity contribution in [1.82, 2.24) is 0 Å². The predicted octanol–water partition coefficient (Wildman–Crippen LogP) is 1.07. The van der Waals surface area contributed by atoms with Crippen molar-refractivity contribution in [1.29, 1.82) is 0 Å². The number of hydrogen-bond acceptors (Lipinski definition) is 4. The van der Waals surface area contributed by atoms with Gasteiger partial charge in [0.25, 0.3) is 0 Å². The zero-order valence-electron chi connectivity index (χ0n) is 9.52. The Labute approximate surface area is 93.6 Å². The number of esters is 1. The van der Waals surface area contributed by atoms with Gasteiger partial charge in [0.05, 0.1) is 13.7 Å². The molecular weight excluding hydrogens is 210 g/mol. The lowest BCUT2D eigenvalue weighted by atomic mass is 10.2. The number of ether oxygens (including phenoxy) is 2. The number of carbonyl (C=O) groups is 2. The predicted molar refractivity (Wildman–Crippen MR) is 55.1 cm³/mol. The van der Waals surface area contributed by atoms with Gasteiger partial charge in [-0.25, -0.2) is 4.79 Å². The third-order valence-electron chi connectivity index (χ3n) is 2.04. The Morgan fingerprint density at radius 1 is 1.38 bits per heavy atom. The van der Waals surface area contributed by atoms with Crippen LogP contribution in [-0.2, 0) is 9.47 Å². The van der Waals surface area contributed by atoms with Gasteiger partial charge in [-0.2, -0.15) is 4.79 Å². The standard InChI is InChI=1S/C11H14NO4/c1-4-16-11(14)12-7-9(10(13)15-3)6-5-8(12)2/h5-7H,4H2,1-3H3/q+1. The molecule has 86 valence electrons. The summed E-state index contributed by atoms with van der Waals surface area (Å²) in [7, 11) is 1.29. The smallest absolute Gasteiger partial charge is 0.465 e. The average Bonchev–Trinajstić information content (AvgIpc) is 2.29. The van der Waals surface area contributed by atoms with Crippen LogP contribution in [0.5, 0.6) is 0 Å². The zero-order chi connectivity index (χ0) is 12.1. The SMILES string of the molecule is CCOC(=O)[n+]1cc(C(=O)OC)ccc1C. The molecule has 0 saturated carbocycles. The van der Waals surface area contributed by atoms with Crippen LogP contribution in [0.15, 0.2) is 18.3 Å². The topological polar surface area (TPSA) is 56.5 Å². The normalized spacial score (nSPS) is 9.69. The molecule has 5 heteroatoms. The summed E-state index contributed by atoms with van der Waals surface area (Å²) in [5.41, 5.74) is 0.993. The first kappa shape index (κ1) is 12.2. The molecular formula is C11H14NO4+. The minimum Gasteiger partial charge on any atom is -0.465 e. The van der Waals surface area contributed by atoms with E-state index < -0.39 is 12.1 Å². The van der Waals surface area contributed by atoms with E-state index in [2.05, 4.69) is 4.74 Å². The lowest BCUT2D eigenvalue weighted by Crippen LogP contribution is -2.46. The number of hydrogen-bond donors (Lipinski definition) is 0. The quantitative estimate of drug-likeness (QED) is 0.557. The molecule has 0 atom stereocenters. The van der Waals surface area contributed by atoms with E-state index in [1.54, 1.807) is 26.0 Å². The van der Waals surface area contributed by atoms with Gasteiger partial charge in [0.2, 0.25) is 0 Å². The molecule has 1 rings (SSSR count). The van der Waals surface area contributed by atoms with Crippen LogP contribution in [0.4, 0.5) is 4.79 Å². The summed E-state index contributed by atoms with van der Waals surface area (Å²) in [4.78, 5) is 22.8. The number of methoxy groups -OCH3 is 1. The number of nitrogens with zero attached hydrogens (tertiary/aromatic N) is 1. The van der Waals surface area contributed by atoms with Crippen molar-refractivity contribution in [3.05, 3.63) is 29.6 Å². The maximum atomic E-state index is 11.5. The maximum Gasteiger partial charge on any atom is 0.602 e. The van der Waals surface area contributed by atoms with Crippen LogP contribution >= 0.6 is 0 Å². The third-order valence-corrected chi connectivity index (χ3v) is 2.04. The summed E-state index contributed by atoms with van der Waals surface area (Å²) >= 11 is 0. The Hall–Kier alpha value is -1.91. The summed E-state index contributed by atoms with van der Waals surface area (Å²) < 4.78 is 10.7. The van der Waals surface area contributed by atoms with Crippen molar-refractivity contribution >= 4 is 12.1 Å². The van der Waals surface area contributed by atoms with E-state index in [0.29, 0.717) is 11.3 Å². The van der Waals surface area contributed by atoms with E-state index in [1.165, 1.54) is 17.9 Å². The molecule has 1 aromatic rings. The van der Waals surface area contributed by atoms with Crippen LogP contribution in [0.25, 0.3) is 0 Å². The van der Waals surface area contributed by atoms with Crippen LogP contribution in [0.2, 0.25) is 0 Å². The number of aromatic nitrogens is 1. The summed E-state index contributed by atoms with van der Waals surface area (Å²) in [5, 5.41) is 0. The van der Waals surface area contributed by atoms with Gasteiger partial charge in [-0.1, -0.05) is 4.57 Å². The van der Waals surface area contributed by atoms with E-state index in [0.717, 1.165) is 0 Å². The van der Waals surface area contributed by atoms with Gasteiger partial charge in [0, 0.05) is 13.0 Å². The number of pyridine rings is 1. The van der Waals surface area contributed by atoms with Crippen molar-refractivity contribution in [2.24, 2.45) is 0 Å². The maximum absolute atomic E-state index is 11.5. The van der Waals surface area contributed by atoms with Crippen LogP contribution in [0.1, 0.15) is 23.0 Å². The third kappa shape index (κ3) is 2.56. The molecule has 0 aromatic carbocycles. The monoisotopic (exact) mass is 224 g/mol. The van der Waals surface area contributed by atoms with Gasteiger partial charge in [0.15, 0.2) is 11.9 Å². The van der Waals surface area contributed by atoms with E-state index in [1.807, 2.05) is 0 Å². The number of rotatable bonds is 2. The molecule has 16 heavy (non-hydrogen) atoms. The fourth-order valence-electron chi connectivity index (χ4n) is 1.20. The highest BCUT2D eigenvalue weighted by molar-refractivity contribution is 5.88. The fraction of sp³-hybridized carbons (Fsp3) is 0.364. The number of aryl methyl sites for hydroxylation is 1. The first-order valence-electron chi connectivity index (χ1n) is 4.88. The Kier molecular flexibility index (Phi) is 3.99. The van der Waals surface area contributed by atoms with Crippen molar-refractivity contribution < 1.29 is 23.6 Å². The van der Waals surface area contributed by atoms with Crippen LogP contribution < -0.4 is 4.57 Å². The summed E-state index contributed by atoms with van der Waals surface area (Å²) in [6, 6.07) is 3.25. The summed E-state index contributed by atoms with van der Waals surface area (Å²) in [6.45, 7) is 3.75. The summed E-state index contributed by atoms with van der Waals surface area (Å²) in [6.07, 6.45) is 0.893. The average molecular weight is 224 g/mol. The van der Waals surface area contributed by atoms with Gasteiger partial charge >= 0.3 is 12.1 Å². The molecule has 0 amide bonds. The molecule has 0 N–H and O–H groups in total. The van der Waals surface area contributed by atoms with E-state index in [4.69, 9.17) is 4.74 Å². The molecule has 0 radical (unpaired) electrons. The Morgan fingerprint density at radius 3 is 2.62 bits per heavy atom. The zero-order valence-corrected chi connectivity index (χ0v) is 9.52. The highest BCUT2D eigenvalue weighted by atomic mass is 16.5. The summed E-state index contributed by atoms with van der Waals surface area (Å²) in [5.74, 6) is -0.488. The molecule has 0 unspecified atom stereocenters. The highest BCUT2D eigenvalue weighted by Crippen LogP contribution is 2.00. The fourth-order valence-corrected chi connectivity index (χ4v) is 1.20. The van der Waals surface area contributed by atoms with E-state index in [-0.39, 0.29) is 6.61 Å².